The molecule has 0 aliphatic carbocycles. The molecule has 1 aliphatic heterocycles. The Kier molecular flexibility index (Phi) is 2.97. The zero-order valence-corrected chi connectivity index (χ0v) is 12.7. The smallest absolute Gasteiger partial charge is 0.0653 e. The predicted octanol–water partition coefficient (Wildman–Crippen LogP) is 4.66. The van der Waals surface area contributed by atoms with E-state index in [-0.39, 0.29) is 0 Å². The molecule has 0 fully saturated rings. The van der Waals surface area contributed by atoms with Crippen LogP contribution in [0.1, 0.15) is 24.9 Å². The molecule has 0 spiro atoms. The Morgan fingerprint density at radius 1 is 1.35 bits per heavy atom. The molecule has 102 valence electrons. The van der Waals surface area contributed by atoms with E-state index in [1.807, 2.05) is 29.3 Å². The highest BCUT2D eigenvalue weighted by atomic mass is 32.2. The summed E-state index contributed by atoms with van der Waals surface area (Å²) in [5, 5.41) is 14.8. The molecule has 0 radical (unpaired) electrons. The maximum absolute atomic E-state index is 4.07. The number of thioether (sulfide) groups is 1. The van der Waals surface area contributed by atoms with Gasteiger partial charge in [0.15, 0.2) is 0 Å². The first-order valence-electron chi connectivity index (χ1n) is 6.73. The van der Waals surface area contributed by atoms with Crippen LogP contribution in [-0.4, -0.2) is 15.4 Å². The van der Waals surface area contributed by atoms with Gasteiger partial charge >= 0.3 is 0 Å². The summed E-state index contributed by atoms with van der Waals surface area (Å²) in [5.41, 5.74) is 3.70. The molecule has 2 N–H and O–H groups in total. The molecule has 5 heteroatoms. The van der Waals surface area contributed by atoms with E-state index in [4.69, 9.17) is 0 Å². The number of rotatable bonds is 2. The summed E-state index contributed by atoms with van der Waals surface area (Å²) < 4.78 is 1.46. The van der Waals surface area contributed by atoms with Crippen molar-refractivity contribution in [3.05, 3.63) is 41.4 Å². The fraction of sp³-hybridized carbons (Fsp3) is 0.267. The number of thiophene rings is 1. The van der Waals surface area contributed by atoms with Gasteiger partial charge in [0, 0.05) is 16.3 Å². The lowest BCUT2D eigenvalue weighted by Crippen LogP contribution is -2.18. The highest BCUT2D eigenvalue weighted by Crippen LogP contribution is 2.44. The Balaban J connectivity index is 1.65. The van der Waals surface area contributed by atoms with Gasteiger partial charge in [0.2, 0.25) is 0 Å². The van der Waals surface area contributed by atoms with Crippen molar-refractivity contribution in [3.8, 4) is 0 Å². The van der Waals surface area contributed by atoms with Gasteiger partial charge < -0.3 is 5.32 Å². The van der Waals surface area contributed by atoms with E-state index >= 15 is 0 Å². The molecular weight excluding hydrogens is 286 g/mol. The maximum Gasteiger partial charge on any atom is 0.0653 e. The average Bonchev–Trinajstić information content (AvgIpc) is 3.05. The number of hydrogen-bond donors (Lipinski definition) is 2. The Hall–Kier alpha value is -1.46. The van der Waals surface area contributed by atoms with E-state index in [0.717, 1.165) is 17.3 Å². The Bertz CT molecular complexity index is 746. The SMILES string of the molecule is C[C@H]1CC(Nc2ccc3[nH]ncc3c2)c2ccsc2S1. The number of aromatic nitrogens is 2. The number of anilines is 1. The van der Waals surface area contributed by atoms with Gasteiger partial charge in [-0.15, -0.1) is 23.1 Å². The lowest BCUT2D eigenvalue weighted by atomic mass is 10.0. The summed E-state index contributed by atoms with van der Waals surface area (Å²) in [6, 6.07) is 9.04. The number of H-pyrrole nitrogens is 1. The maximum atomic E-state index is 4.07. The monoisotopic (exact) mass is 301 g/mol. The second-order valence-electron chi connectivity index (χ2n) is 5.20. The molecule has 3 aromatic rings. The average molecular weight is 301 g/mol. The second kappa shape index (κ2) is 4.82. The lowest BCUT2D eigenvalue weighted by Gasteiger charge is -2.28. The Labute approximate surface area is 125 Å². The standard InChI is InChI=1S/C15H15N3S2/c1-9-6-14(12-4-5-19-15(12)20-9)17-11-2-3-13-10(7-11)8-16-18-13/h2-5,7-9,14,17H,6H2,1H3,(H,16,18)/t9-,14?/m0/s1. The van der Waals surface area contributed by atoms with Crippen LogP contribution >= 0.6 is 23.1 Å². The van der Waals surface area contributed by atoms with Crippen LogP contribution in [0.25, 0.3) is 10.9 Å². The highest BCUT2D eigenvalue weighted by molar-refractivity contribution is 8.01. The Morgan fingerprint density at radius 2 is 2.30 bits per heavy atom. The molecule has 0 bridgehead atoms. The Morgan fingerprint density at radius 3 is 3.25 bits per heavy atom. The third-order valence-corrected chi connectivity index (χ3v) is 6.03. The van der Waals surface area contributed by atoms with Crippen LogP contribution < -0.4 is 5.32 Å². The number of aromatic amines is 1. The van der Waals surface area contributed by atoms with Crippen molar-refractivity contribution in [2.45, 2.75) is 28.8 Å². The molecular formula is C15H15N3S2. The molecule has 1 unspecified atom stereocenters. The zero-order valence-electron chi connectivity index (χ0n) is 11.1. The molecule has 0 saturated carbocycles. The van der Waals surface area contributed by atoms with E-state index in [0.29, 0.717) is 11.3 Å². The lowest BCUT2D eigenvalue weighted by molar-refractivity contribution is 0.670. The predicted molar refractivity (Wildman–Crippen MR) is 86.7 cm³/mol. The number of hydrogen-bond acceptors (Lipinski definition) is 4. The van der Waals surface area contributed by atoms with Crippen molar-refractivity contribution >= 4 is 39.7 Å². The van der Waals surface area contributed by atoms with E-state index in [1.165, 1.54) is 15.5 Å². The summed E-state index contributed by atoms with van der Waals surface area (Å²) in [4.78, 5) is 0. The van der Waals surface area contributed by atoms with Gasteiger partial charge in [-0.3, -0.25) is 5.10 Å². The van der Waals surface area contributed by atoms with Gasteiger partial charge in [0.25, 0.3) is 0 Å². The topological polar surface area (TPSA) is 40.7 Å². The van der Waals surface area contributed by atoms with Gasteiger partial charge in [-0.05, 0) is 41.6 Å². The number of benzene rings is 1. The summed E-state index contributed by atoms with van der Waals surface area (Å²) in [6.45, 7) is 2.31. The molecule has 3 heterocycles. The number of fused-ring (bicyclic) bond motifs is 2. The van der Waals surface area contributed by atoms with E-state index in [1.54, 1.807) is 0 Å². The van der Waals surface area contributed by atoms with Crippen molar-refractivity contribution in [1.29, 1.82) is 0 Å². The minimum absolute atomic E-state index is 0.414. The molecule has 4 rings (SSSR count). The third-order valence-electron chi connectivity index (χ3n) is 3.69. The van der Waals surface area contributed by atoms with Crippen LogP contribution in [0.5, 0.6) is 0 Å². The molecule has 0 amide bonds. The summed E-state index contributed by atoms with van der Waals surface area (Å²) in [5.74, 6) is 0. The van der Waals surface area contributed by atoms with Crippen LogP contribution in [0.3, 0.4) is 0 Å². The molecule has 1 aromatic carbocycles. The van der Waals surface area contributed by atoms with E-state index in [9.17, 15) is 0 Å². The third kappa shape index (κ3) is 2.11. The molecule has 1 aliphatic rings. The summed E-state index contributed by atoms with van der Waals surface area (Å²) in [7, 11) is 0. The van der Waals surface area contributed by atoms with E-state index < -0.39 is 0 Å². The fourth-order valence-corrected chi connectivity index (χ4v) is 5.29. The van der Waals surface area contributed by atoms with Crippen molar-refractivity contribution in [3.63, 3.8) is 0 Å². The van der Waals surface area contributed by atoms with Crippen molar-refractivity contribution in [1.82, 2.24) is 10.2 Å². The summed E-state index contributed by atoms with van der Waals surface area (Å²) >= 11 is 3.86. The van der Waals surface area contributed by atoms with E-state index in [2.05, 4.69) is 52.1 Å². The van der Waals surface area contributed by atoms with Crippen LogP contribution in [0.15, 0.2) is 40.1 Å². The number of nitrogens with zero attached hydrogens (tertiary/aromatic N) is 1. The second-order valence-corrected chi connectivity index (χ2v) is 7.82. The minimum atomic E-state index is 0.414. The number of nitrogens with one attached hydrogen (secondary N) is 2. The first-order valence-corrected chi connectivity index (χ1v) is 8.49. The molecule has 3 nitrogen and oxygen atoms in total. The molecule has 2 aromatic heterocycles. The summed E-state index contributed by atoms with van der Waals surface area (Å²) in [6.07, 6.45) is 3.04. The molecule has 2 atom stereocenters. The van der Waals surface area contributed by atoms with Gasteiger partial charge in [0.1, 0.15) is 0 Å². The minimum Gasteiger partial charge on any atom is -0.378 e. The first-order chi connectivity index (χ1) is 9.79. The molecule has 20 heavy (non-hydrogen) atoms. The van der Waals surface area contributed by atoms with Crippen molar-refractivity contribution in [2.24, 2.45) is 0 Å². The normalized spacial score (nSPS) is 21.9. The van der Waals surface area contributed by atoms with Gasteiger partial charge in [-0.2, -0.15) is 5.10 Å². The quantitative estimate of drug-likeness (QED) is 0.723. The van der Waals surface area contributed by atoms with Crippen LogP contribution in [0.2, 0.25) is 0 Å². The largest absolute Gasteiger partial charge is 0.378 e. The van der Waals surface area contributed by atoms with Crippen molar-refractivity contribution in [2.75, 3.05) is 5.32 Å². The molecule has 0 saturated heterocycles. The van der Waals surface area contributed by atoms with Gasteiger partial charge in [0.05, 0.1) is 22.0 Å². The highest BCUT2D eigenvalue weighted by Gasteiger charge is 2.26. The van der Waals surface area contributed by atoms with Crippen LogP contribution in [0, 0.1) is 0 Å². The first kappa shape index (κ1) is 12.3. The van der Waals surface area contributed by atoms with Gasteiger partial charge in [-0.25, -0.2) is 0 Å². The van der Waals surface area contributed by atoms with Crippen LogP contribution in [-0.2, 0) is 0 Å². The zero-order chi connectivity index (χ0) is 13.5. The fourth-order valence-electron chi connectivity index (χ4n) is 2.72. The van der Waals surface area contributed by atoms with Gasteiger partial charge in [-0.1, -0.05) is 6.92 Å². The van der Waals surface area contributed by atoms with Crippen LogP contribution in [0.4, 0.5) is 5.69 Å². The van der Waals surface area contributed by atoms with Crippen molar-refractivity contribution < 1.29 is 0 Å².